The third-order valence-electron chi connectivity index (χ3n) is 5.55. The van der Waals surface area contributed by atoms with E-state index in [1.807, 2.05) is 20.8 Å². The summed E-state index contributed by atoms with van der Waals surface area (Å²) in [5.74, 6) is -0.617. The van der Waals surface area contributed by atoms with Crippen LogP contribution in [0.5, 0.6) is 5.75 Å². The molecule has 0 aromatic heterocycles. The lowest BCUT2D eigenvalue weighted by Crippen LogP contribution is -2.55. The average Bonchev–Trinajstić information content (AvgIpc) is 2.75. The quantitative estimate of drug-likeness (QED) is 0.214. The summed E-state index contributed by atoms with van der Waals surface area (Å²) < 4.78 is 5.35. The molecule has 2 atom stereocenters. The fourth-order valence-electron chi connectivity index (χ4n) is 3.85. The number of hydrogen-bond donors (Lipinski definition) is 4. The first kappa shape index (κ1) is 32.6. The van der Waals surface area contributed by atoms with Gasteiger partial charge in [-0.25, -0.2) is 4.79 Å². The maximum absolute atomic E-state index is 13.9. The Bertz CT molecular complexity index is 908. The summed E-state index contributed by atoms with van der Waals surface area (Å²) in [6, 6.07) is 2.96. The van der Waals surface area contributed by atoms with Crippen molar-refractivity contribution in [1.82, 2.24) is 15.5 Å². The number of alkyl carbamates (subject to hydrolysis) is 1. The number of nitrogens with one attached hydrogen (secondary N) is 2. The predicted octanol–water partition coefficient (Wildman–Crippen LogP) is 5.28. The van der Waals surface area contributed by atoms with Gasteiger partial charge in [0.05, 0.1) is 0 Å². The summed E-state index contributed by atoms with van der Waals surface area (Å²) in [6.07, 6.45) is 4.10. The van der Waals surface area contributed by atoms with Gasteiger partial charge in [-0.05, 0) is 78.1 Å². The fourth-order valence-corrected chi connectivity index (χ4v) is 4.09. The fraction of sp³-hybridized carbons (Fsp3) is 0.679. The third kappa shape index (κ3) is 11.7. The minimum absolute atomic E-state index is 0.0344. The lowest BCUT2D eigenvalue weighted by Gasteiger charge is -2.36. The number of phenols is 1. The molecule has 3 amide bonds. The molecule has 37 heavy (non-hydrogen) atoms. The highest BCUT2D eigenvalue weighted by molar-refractivity contribution is 7.80. The number of nitrogens with zero attached hydrogens (tertiary/aromatic N) is 1. The van der Waals surface area contributed by atoms with Gasteiger partial charge in [-0.3, -0.25) is 9.59 Å². The summed E-state index contributed by atoms with van der Waals surface area (Å²) in [5.41, 5.74) is -0.0889. The second-order valence-electron chi connectivity index (χ2n) is 11.5. The number of aryl methyl sites for hydroxylation is 1. The number of unbranched alkanes of at least 4 members (excludes halogenated alkanes) is 4. The average molecular weight is 538 g/mol. The Morgan fingerprint density at radius 2 is 1.68 bits per heavy atom. The number of rotatable bonds is 12. The molecule has 0 aliphatic rings. The van der Waals surface area contributed by atoms with Gasteiger partial charge in [-0.1, -0.05) is 38.7 Å². The van der Waals surface area contributed by atoms with Crippen LogP contribution in [0.2, 0.25) is 0 Å². The van der Waals surface area contributed by atoms with Crippen LogP contribution in [-0.4, -0.2) is 57.4 Å². The first-order valence-electron chi connectivity index (χ1n) is 13.1. The van der Waals surface area contributed by atoms with Gasteiger partial charge in [0, 0.05) is 17.8 Å². The van der Waals surface area contributed by atoms with Crippen molar-refractivity contribution in [3.8, 4) is 5.75 Å². The zero-order valence-corrected chi connectivity index (χ0v) is 24.7. The molecule has 0 fully saturated rings. The van der Waals surface area contributed by atoms with Crippen LogP contribution in [0.4, 0.5) is 4.79 Å². The Labute approximate surface area is 228 Å². The highest BCUT2D eigenvalue weighted by Gasteiger charge is 2.36. The van der Waals surface area contributed by atoms with Gasteiger partial charge in [0.25, 0.3) is 0 Å². The van der Waals surface area contributed by atoms with Gasteiger partial charge >= 0.3 is 6.09 Å². The zero-order valence-electron chi connectivity index (χ0n) is 23.8. The molecular formula is C28H47N3O5S. The number of thiol groups is 1. The Kier molecular flexibility index (Phi) is 12.8. The van der Waals surface area contributed by atoms with Crippen LogP contribution in [0.1, 0.15) is 97.7 Å². The van der Waals surface area contributed by atoms with Crippen molar-refractivity contribution in [1.29, 1.82) is 0 Å². The molecule has 210 valence electrons. The molecule has 0 spiro atoms. The molecule has 0 bridgehead atoms. The van der Waals surface area contributed by atoms with Crippen LogP contribution >= 0.6 is 12.6 Å². The molecular weight excluding hydrogens is 490 g/mol. The minimum atomic E-state index is -0.989. The largest absolute Gasteiger partial charge is 0.508 e. The standard InChI is InChI=1S/C28H47N3O5S/c1-9-10-11-12-13-16-31(25(34)21(18-37)29-26(35)36-28(6,7)8)23(24(33)30-27(3,4)5)20-14-15-22(32)19(2)17-20/h14-15,17,21,23,32,37H,9-13,16,18H2,1-8H3,(H,29,35)(H,30,33). The Balaban J connectivity index is 3.45. The highest BCUT2D eigenvalue weighted by Crippen LogP contribution is 2.28. The van der Waals surface area contributed by atoms with Gasteiger partial charge in [-0.15, -0.1) is 0 Å². The Morgan fingerprint density at radius 3 is 2.19 bits per heavy atom. The number of hydrogen-bond acceptors (Lipinski definition) is 6. The van der Waals surface area contributed by atoms with Gasteiger partial charge in [0.1, 0.15) is 23.4 Å². The van der Waals surface area contributed by atoms with E-state index in [1.54, 1.807) is 39.8 Å². The number of aromatic hydroxyl groups is 1. The van der Waals surface area contributed by atoms with Crippen molar-refractivity contribution in [2.24, 2.45) is 0 Å². The monoisotopic (exact) mass is 537 g/mol. The molecule has 0 saturated carbocycles. The first-order valence-corrected chi connectivity index (χ1v) is 13.7. The summed E-state index contributed by atoms with van der Waals surface area (Å²) >= 11 is 4.33. The van der Waals surface area contributed by atoms with E-state index in [9.17, 15) is 19.5 Å². The molecule has 0 aliphatic heterocycles. The summed E-state index contributed by atoms with van der Waals surface area (Å²) in [5, 5.41) is 15.7. The van der Waals surface area contributed by atoms with E-state index in [2.05, 4.69) is 30.2 Å². The predicted molar refractivity (Wildman–Crippen MR) is 151 cm³/mol. The van der Waals surface area contributed by atoms with Crippen LogP contribution in [0, 0.1) is 6.92 Å². The van der Waals surface area contributed by atoms with Crippen molar-refractivity contribution < 1.29 is 24.2 Å². The van der Waals surface area contributed by atoms with Gasteiger partial charge < -0.3 is 25.4 Å². The van der Waals surface area contributed by atoms with Crippen molar-refractivity contribution in [3.05, 3.63) is 29.3 Å². The van der Waals surface area contributed by atoms with E-state index in [0.717, 1.165) is 25.7 Å². The molecule has 9 heteroatoms. The van der Waals surface area contributed by atoms with E-state index in [-0.39, 0.29) is 17.4 Å². The van der Waals surface area contributed by atoms with Gasteiger partial charge in [0.15, 0.2) is 0 Å². The van der Waals surface area contributed by atoms with Crippen molar-refractivity contribution in [2.45, 2.75) is 111 Å². The Hall–Kier alpha value is -2.42. The number of carbonyl (C=O) groups is 3. The minimum Gasteiger partial charge on any atom is -0.508 e. The normalized spacial score (nSPS) is 13.4. The third-order valence-corrected chi connectivity index (χ3v) is 5.92. The van der Waals surface area contributed by atoms with Crippen LogP contribution in [0.15, 0.2) is 18.2 Å². The second-order valence-corrected chi connectivity index (χ2v) is 11.9. The maximum atomic E-state index is 13.9. The van der Waals surface area contributed by atoms with Crippen LogP contribution in [0.3, 0.4) is 0 Å². The molecule has 3 N–H and O–H groups in total. The lowest BCUT2D eigenvalue weighted by molar-refractivity contribution is -0.142. The maximum Gasteiger partial charge on any atom is 0.408 e. The van der Waals surface area contributed by atoms with E-state index < -0.39 is 35.2 Å². The van der Waals surface area contributed by atoms with Crippen molar-refractivity contribution >= 4 is 30.5 Å². The van der Waals surface area contributed by atoms with Crippen LogP contribution in [-0.2, 0) is 14.3 Å². The Morgan fingerprint density at radius 1 is 1.05 bits per heavy atom. The van der Waals surface area contributed by atoms with Crippen molar-refractivity contribution in [3.63, 3.8) is 0 Å². The van der Waals surface area contributed by atoms with Gasteiger partial charge in [0.2, 0.25) is 11.8 Å². The molecule has 0 radical (unpaired) electrons. The second kappa shape index (κ2) is 14.5. The smallest absolute Gasteiger partial charge is 0.408 e. The van der Waals surface area contributed by atoms with Gasteiger partial charge in [-0.2, -0.15) is 12.6 Å². The van der Waals surface area contributed by atoms with Crippen molar-refractivity contribution in [2.75, 3.05) is 12.3 Å². The number of benzene rings is 1. The van der Waals surface area contributed by atoms with Crippen LogP contribution in [0.25, 0.3) is 0 Å². The summed E-state index contributed by atoms with van der Waals surface area (Å²) in [4.78, 5) is 41.6. The van der Waals surface area contributed by atoms with E-state index in [0.29, 0.717) is 24.1 Å². The van der Waals surface area contributed by atoms with E-state index in [4.69, 9.17) is 4.74 Å². The molecule has 1 aromatic carbocycles. The molecule has 1 aromatic rings. The van der Waals surface area contributed by atoms with E-state index in [1.165, 1.54) is 11.0 Å². The summed E-state index contributed by atoms with van der Waals surface area (Å²) in [6.45, 7) is 15.1. The topological polar surface area (TPSA) is 108 Å². The van der Waals surface area contributed by atoms with E-state index >= 15 is 0 Å². The molecule has 0 saturated heterocycles. The number of carbonyl (C=O) groups excluding carboxylic acids is 3. The zero-order chi connectivity index (χ0) is 28.4. The number of ether oxygens (including phenoxy) is 1. The lowest BCUT2D eigenvalue weighted by atomic mass is 9.98. The molecule has 2 unspecified atom stereocenters. The molecule has 1 rings (SSSR count). The molecule has 0 aliphatic carbocycles. The highest BCUT2D eigenvalue weighted by atomic mass is 32.1. The number of amides is 3. The SMILES string of the molecule is CCCCCCCN(C(=O)C(CS)NC(=O)OC(C)(C)C)C(C(=O)NC(C)(C)C)c1ccc(O)c(C)c1. The number of phenolic OH excluding ortho intramolecular Hbond substituents is 1. The summed E-state index contributed by atoms with van der Waals surface area (Å²) in [7, 11) is 0. The molecule has 8 nitrogen and oxygen atoms in total. The van der Waals surface area contributed by atoms with Crippen LogP contribution < -0.4 is 10.6 Å². The molecule has 0 heterocycles. The first-order chi connectivity index (χ1) is 17.1.